The summed E-state index contributed by atoms with van der Waals surface area (Å²) in [6, 6.07) is 14.3. The van der Waals surface area contributed by atoms with Gasteiger partial charge in [-0.05, 0) is 42.2 Å². The highest BCUT2D eigenvalue weighted by molar-refractivity contribution is 7.98. The number of thioether (sulfide) groups is 1. The van der Waals surface area contributed by atoms with Crippen molar-refractivity contribution >= 4 is 29.3 Å². The van der Waals surface area contributed by atoms with Crippen LogP contribution >= 0.6 is 23.4 Å². The largest absolute Gasteiger partial charge is 0.355 e. The second-order valence-electron chi connectivity index (χ2n) is 5.99. The summed E-state index contributed by atoms with van der Waals surface area (Å²) in [5, 5.41) is 3.69. The van der Waals surface area contributed by atoms with Crippen molar-refractivity contribution in [2.24, 2.45) is 0 Å². The summed E-state index contributed by atoms with van der Waals surface area (Å²) in [5.41, 5.74) is 1.36. The Morgan fingerprint density at radius 3 is 2.54 bits per heavy atom. The zero-order valence-electron chi connectivity index (χ0n) is 13.2. The van der Waals surface area contributed by atoms with Crippen LogP contribution in [0.15, 0.2) is 48.5 Å². The van der Waals surface area contributed by atoms with Crippen LogP contribution in [0, 0.1) is 5.82 Å². The number of halogens is 2. The van der Waals surface area contributed by atoms with Gasteiger partial charge in [0.15, 0.2) is 0 Å². The summed E-state index contributed by atoms with van der Waals surface area (Å²) in [6.07, 6.45) is 1.76. The third kappa shape index (κ3) is 3.93. The van der Waals surface area contributed by atoms with E-state index in [2.05, 4.69) is 5.32 Å². The first-order valence-electron chi connectivity index (χ1n) is 7.97. The lowest BCUT2D eigenvalue weighted by molar-refractivity contribution is -0.123. The molecule has 1 N–H and O–H groups in total. The van der Waals surface area contributed by atoms with Gasteiger partial charge in [0, 0.05) is 23.1 Å². The van der Waals surface area contributed by atoms with Gasteiger partial charge in [0.05, 0.1) is 5.41 Å². The Morgan fingerprint density at radius 2 is 1.88 bits per heavy atom. The van der Waals surface area contributed by atoms with Gasteiger partial charge in [-0.25, -0.2) is 4.39 Å². The Kier molecular flexibility index (Phi) is 5.47. The second kappa shape index (κ2) is 7.58. The third-order valence-corrected chi connectivity index (χ3v) is 5.59. The van der Waals surface area contributed by atoms with Gasteiger partial charge in [-0.2, -0.15) is 11.8 Å². The van der Waals surface area contributed by atoms with Crippen LogP contribution in [-0.4, -0.2) is 18.2 Å². The number of nitrogens with one attached hydrogen (secondary N) is 1. The predicted molar refractivity (Wildman–Crippen MR) is 97.9 cm³/mol. The number of hydrogen-bond donors (Lipinski definition) is 1. The van der Waals surface area contributed by atoms with Crippen molar-refractivity contribution < 1.29 is 9.18 Å². The molecule has 0 heterocycles. The molecule has 2 aromatic carbocycles. The number of carbonyl (C=O) groups is 1. The van der Waals surface area contributed by atoms with E-state index in [0.717, 1.165) is 24.2 Å². The molecule has 0 saturated heterocycles. The summed E-state index contributed by atoms with van der Waals surface area (Å²) in [4.78, 5) is 12.5. The first-order valence-corrected chi connectivity index (χ1v) is 9.51. The van der Waals surface area contributed by atoms with Crippen molar-refractivity contribution in [3.63, 3.8) is 0 Å². The van der Waals surface area contributed by atoms with Gasteiger partial charge in [0.1, 0.15) is 5.82 Å². The van der Waals surface area contributed by atoms with Crippen molar-refractivity contribution in [1.29, 1.82) is 0 Å². The van der Waals surface area contributed by atoms with E-state index in [9.17, 15) is 9.18 Å². The first kappa shape index (κ1) is 17.3. The molecule has 1 aliphatic rings. The Morgan fingerprint density at radius 1 is 1.17 bits per heavy atom. The molecule has 24 heavy (non-hydrogen) atoms. The van der Waals surface area contributed by atoms with Gasteiger partial charge < -0.3 is 5.32 Å². The molecule has 1 amide bonds. The van der Waals surface area contributed by atoms with E-state index in [1.165, 1.54) is 6.07 Å². The molecule has 0 aliphatic heterocycles. The van der Waals surface area contributed by atoms with Crippen LogP contribution in [0.4, 0.5) is 4.39 Å². The lowest BCUT2D eigenvalue weighted by atomic mass is 9.95. The Labute approximate surface area is 150 Å². The zero-order chi connectivity index (χ0) is 17.0. The summed E-state index contributed by atoms with van der Waals surface area (Å²) in [5.74, 6) is 1.28. The van der Waals surface area contributed by atoms with E-state index < -0.39 is 0 Å². The van der Waals surface area contributed by atoms with Gasteiger partial charge in [0.25, 0.3) is 0 Å². The van der Waals surface area contributed by atoms with Crippen LogP contribution < -0.4 is 5.32 Å². The molecule has 0 bridgehead atoms. The SMILES string of the molecule is O=C(NCCSCc1ccccc1F)C1(c2ccc(Cl)cc2)CC1. The van der Waals surface area contributed by atoms with Crippen LogP contribution in [-0.2, 0) is 16.0 Å². The highest BCUT2D eigenvalue weighted by Crippen LogP contribution is 2.48. The molecule has 1 fully saturated rings. The van der Waals surface area contributed by atoms with Gasteiger partial charge in [-0.3, -0.25) is 4.79 Å². The molecule has 5 heteroatoms. The molecule has 0 radical (unpaired) electrons. The van der Waals surface area contributed by atoms with Gasteiger partial charge in [0.2, 0.25) is 5.91 Å². The lowest BCUT2D eigenvalue weighted by Crippen LogP contribution is -2.36. The highest BCUT2D eigenvalue weighted by atomic mass is 35.5. The Bertz CT molecular complexity index is 716. The average molecular weight is 364 g/mol. The van der Waals surface area contributed by atoms with Gasteiger partial charge in [-0.1, -0.05) is 41.9 Å². The first-order chi connectivity index (χ1) is 11.6. The van der Waals surface area contributed by atoms with E-state index in [1.54, 1.807) is 23.9 Å². The van der Waals surface area contributed by atoms with E-state index >= 15 is 0 Å². The van der Waals surface area contributed by atoms with Crippen molar-refractivity contribution in [1.82, 2.24) is 5.32 Å². The molecular formula is C19H19ClFNOS. The topological polar surface area (TPSA) is 29.1 Å². The summed E-state index contributed by atoms with van der Waals surface area (Å²) in [6.45, 7) is 0.591. The minimum absolute atomic E-state index is 0.0799. The summed E-state index contributed by atoms with van der Waals surface area (Å²) >= 11 is 7.53. The quantitative estimate of drug-likeness (QED) is 0.730. The lowest BCUT2D eigenvalue weighted by Gasteiger charge is -2.16. The van der Waals surface area contributed by atoms with Gasteiger partial charge >= 0.3 is 0 Å². The second-order valence-corrected chi connectivity index (χ2v) is 7.53. The molecule has 0 atom stereocenters. The fourth-order valence-electron chi connectivity index (χ4n) is 2.74. The molecule has 2 nitrogen and oxygen atoms in total. The Balaban J connectivity index is 1.44. The van der Waals surface area contributed by atoms with Crippen molar-refractivity contribution in [3.05, 3.63) is 70.5 Å². The summed E-state index contributed by atoms with van der Waals surface area (Å²) in [7, 11) is 0. The fraction of sp³-hybridized carbons (Fsp3) is 0.316. The van der Waals surface area contributed by atoms with E-state index in [1.807, 2.05) is 30.3 Å². The molecule has 0 unspecified atom stereocenters. The van der Waals surface area contributed by atoms with Crippen LogP contribution in [0.25, 0.3) is 0 Å². The van der Waals surface area contributed by atoms with Crippen LogP contribution in [0.2, 0.25) is 5.02 Å². The maximum absolute atomic E-state index is 13.5. The molecule has 0 spiro atoms. The van der Waals surface area contributed by atoms with E-state index in [0.29, 0.717) is 22.9 Å². The van der Waals surface area contributed by atoms with E-state index in [4.69, 9.17) is 11.6 Å². The summed E-state index contributed by atoms with van der Waals surface area (Å²) < 4.78 is 13.5. The normalized spacial score (nSPS) is 15.1. The number of amides is 1. The Hall–Kier alpha value is -1.52. The molecular weight excluding hydrogens is 345 g/mol. The average Bonchev–Trinajstić information content (AvgIpc) is 3.38. The number of hydrogen-bond acceptors (Lipinski definition) is 2. The molecule has 1 saturated carbocycles. The monoisotopic (exact) mass is 363 g/mol. The minimum Gasteiger partial charge on any atom is -0.355 e. The smallest absolute Gasteiger partial charge is 0.230 e. The maximum Gasteiger partial charge on any atom is 0.230 e. The van der Waals surface area contributed by atoms with Crippen LogP contribution in [0.1, 0.15) is 24.0 Å². The van der Waals surface area contributed by atoms with Crippen LogP contribution in [0.5, 0.6) is 0 Å². The fourth-order valence-corrected chi connectivity index (χ4v) is 3.72. The van der Waals surface area contributed by atoms with E-state index in [-0.39, 0.29) is 17.1 Å². The molecule has 126 valence electrons. The standard InChI is InChI=1S/C19H19ClFNOS/c20-16-7-5-15(6-8-16)19(9-10-19)18(23)22-11-12-24-13-14-3-1-2-4-17(14)21/h1-8H,9-13H2,(H,22,23). The third-order valence-electron chi connectivity index (χ3n) is 4.33. The zero-order valence-corrected chi connectivity index (χ0v) is 14.8. The maximum atomic E-state index is 13.5. The van der Waals surface area contributed by atoms with Crippen LogP contribution in [0.3, 0.4) is 0 Å². The predicted octanol–water partition coefficient (Wildman–Crippen LogP) is 4.56. The highest BCUT2D eigenvalue weighted by Gasteiger charge is 2.50. The number of carbonyl (C=O) groups excluding carboxylic acids is 1. The van der Waals surface area contributed by atoms with Gasteiger partial charge in [-0.15, -0.1) is 0 Å². The minimum atomic E-state index is -0.374. The molecule has 0 aromatic heterocycles. The number of rotatable bonds is 7. The van der Waals surface area contributed by atoms with Crippen molar-refractivity contribution in [2.45, 2.75) is 24.0 Å². The molecule has 3 rings (SSSR count). The molecule has 2 aromatic rings. The molecule has 1 aliphatic carbocycles. The van der Waals surface area contributed by atoms with Crippen molar-refractivity contribution in [3.8, 4) is 0 Å². The number of benzene rings is 2. The van der Waals surface area contributed by atoms with Crippen molar-refractivity contribution in [2.75, 3.05) is 12.3 Å².